The molecule has 0 aliphatic rings. The molecule has 12 heteroatoms. The maximum Gasteiger partial charge on any atom is 0.416 e. The Bertz CT molecular complexity index is 1110. The Morgan fingerprint density at radius 2 is 1.79 bits per heavy atom. The van der Waals surface area contributed by atoms with Crippen LogP contribution >= 0.6 is 0 Å². The quantitative estimate of drug-likeness (QED) is 0.659. The van der Waals surface area contributed by atoms with E-state index in [9.17, 15) is 26.4 Å². The predicted molar refractivity (Wildman–Crippen MR) is 92.3 cm³/mol. The number of halogens is 3. The van der Waals surface area contributed by atoms with Crippen molar-refractivity contribution in [1.82, 2.24) is 24.3 Å². The van der Waals surface area contributed by atoms with Crippen molar-refractivity contribution in [3.63, 3.8) is 0 Å². The predicted octanol–water partition coefficient (Wildman–Crippen LogP) is 1.43. The number of nitrogens with zero attached hydrogens (tertiary/aromatic N) is 4. The molecule has 0 aliphatic heterocycles. The van der Waals surface area contributed by atoms with E-state index in [0.717, 1.165) is 16.8 Å². The van der Waals surface area contributed by atoms with Gasteiger partial charge in [0.25, 0.3) is 5.56 Å². The zero-order chi connectivity index (χ0) is 20.4. The van der Waals surface area contributed by atoms with Gasteiger partial charge >= 0.3 is 6.18 Å². The van der Waals surface area contributed by atoms with Crippen molar-refractivity contribution in [3.8, 4) is 5.82 Å². The molecule has 3 rings (SSSR count). The third-order valence-electron chi connectivity index (χ3n) is 3.70. The Balaban J connectivity index is 1.69. The molecule has 0 radical (unpaired) electrons. The van der Waals surface area contributed by atoms with Crippen molar-refractivity contribution in [1.29, 1.82) is 0 Å². The van der Waals surface area contributed by atoms with Crippen molar-refractivity contribution < 1.29 is 21.6 Å². The van der Waals surface area contributed by atoms with E-state index < -0.39 is 27.3 Å². The molecule has 1 N–H and O–H groups in total. The highest BCUT2D eigenvalue weighted by molar-refractivity contribution is 7.89. The molecule has 0 atom stereocenters. The Hall–Kier alpha value is -2.99. The van der Waals surface area contributed by atoms with Crippen LogP contribution in [0.3, 0.4) is 0 Å². The molecular weight excluding hydrogens is 399 g/mol. The van der Waals surface area contributed by atoms with Crippen LogP contribution in [0.4, 0.5) is 13.2 Å². The van der Waals surface area contributed by atoms with Gasteiger partial charge in [-0.3, -0.25) is 4.79 Å². The topological polar surface area (TPSA) is 98.9 Å². The lowest BCUT2D eigenvalue weighted by Gasteiger charge is -2.10. The highest BCUT2D eigenvalue weighted by atomic mass is 32.2. The summed E-state index contributed by atoms with van der Waals surface area (Å²) < 4.78 is 66.8. The molecule has 148 valence electrons. The molecule has 0 saturated carbocycles. The number of hydrogen-bond donors (Lipinski definition) is 1. The average Bonchev–Trinajstić information content (AvgIpc) is 3.17. The molecule has 0 fully saturated rings. The summed E-state index contributed by atoms with van der Waals surface area (Å²) in [5, 5.41) is 8.08. The first kappa shape index (κ1) is 19.8. The largest absolute Gasteiger partial charge is 0.416 e. The maximum atomic E-state index is 12.6. The lowest BCUT2D eigenvalue weighted by molar-refractivity contribution is -0.137. The molecule has 3 aromatic rings. The number of nitrogens with one attached hydrogen (secondary N) is 1. The minimum Gasteiger partial charge on any atom is -0.268 e. The maximum absolute atomic E-state index is 12.6. The van der Waals surface area contributed by atoms with E-state index in [1.54, 1.807) is 12.3 Å². The zero-order valence-electron chi connectivity index (χ0n) is 14.2. The van der Waals surface area contributed by atoms with Crippen molar-refractivity contribution in [3.05, 3.63) is 70.8 Å². The fourth-order valence-corrected chi connectivity index (χ4v) is 3.34. The molecule has 28 heavy (non-hydrogen) atoms. The highest BCUT2D eigenvalue weighted by Gasteiger charge is 2.30. The van der Waals surface area contributed by atoms with Gasteiger partial charge in [-0.15, -0.1) is 5.10 Å². The second-order valence-electron chi connectivity index (χ2n) is 5.62. The van der Waals surface area contributed by atoms with E-state index in [-0.39, 0.29) is 18.0 Å². The summed E-state index contributed by atoms with van der Waals surface area (Å²) in [5.74, 6) is 0.371. The van der Waals surface area contributed by atoms with E-state index in [1.807, 2.05) is 0 Å². The van der Waals surface area contributed by atoms with Crippen molar-refractivity contribution in [2.24, 2.45) is 0 Å². The van der Waals surface area contributed by atoms with Crippen LogP contribution in [0, 0.1) is 0 Å². The van der Waals surface area contributed by atoms with Crippen LogP contribution in [-0.4, -0.2) is 34.5 Å². The second kappa shape index (κ2) is 7.56. The van der Waals surface area contributed by atoms with Crippen molar-refractivity contribution in [2.75, 3.05) is 6.54 Å². The Morgan fingerprint density at radius 1 is 1.07 bits per heavy atom. The molecule has 0 unspecified atom stereocenters. The van der Waals surface area contributed by atoms with Gasteiger partial charge in [-0.2, -0.15) is 18.3 Å². The van der Waals surface area contributed by atoms with E-state index >= 15 is 0 Å². The first-order chi connectivity index (χ1) is 13.2. The van der Waals surface area contributed by atoms with Gasteiger partial charge < -0.3 is 0 Å². The summed E-state index contributed by atoms with van der Waals surface area (Å²) in [6.07, 6.45) is -1.39. The van der Waals surface area contributed by atoms with E-state index in [1.165, 1.54) is 23.0 Å². The van der Waals surface area contributed by atoms with Crippen LogP contribution < -0.4 is 10.3 Å². The second-order valence-corrected chi connectivity index (χ2v) is 7.39. The van der Waals surface area contributed by atoms with Gasteiger partial charge in [0, 0.05) is 25.0 Å². The highest BCUT2D eigenvalue weighted by Crippen LogP contribution is 2.29. The SMILES string of the molecule is O=c1ccc(-n2cccn2)nn1CCNS(=O)(=O)c1ccc(C(F)(F)F)cc1. The number of hydrogen-bond acceptors (Lipinski definition) is 5. The third-order valence-corrected chi connectivity index (χ3v) is 5.18. The lowest BCUT2D eigenvalue weighted by Crippen LogP contribution is -2.32. The molecular formula is C16H14F3N5O3S. The molecule has 1 aromatic carbocycles. The molecule has 0 amide bonds. The normalized spacial score (nSPS) is 12.2. The van der Waals surface area contributed by atoms with Gasteiger partial charge in [0.15, 0.2) is 5.82 Å². The summed E-state index contributed by atoms with van der Waals surface area (Å²) in [4.78, 5) is 11.6. The molecule has 2 heterocycles. The average molecular weight is 413 g/mol. The number of rotatable bonds is 6. The fourth-order valence-electron chi connectivity index (χ4n) is 2.32. The number of aromatic nitrogens is 4. The van der Waals surface area contributed by atoms with Crippen molar-refractivity contribution >= 4 is 10.0 Å². The molecule has 0 bridgehead atoms. The fraction of sp³-hybridized carbons (Fsp3) is 0.188. The van der Waals surface area contributed by atoms with Crippen LogP contribution in [0.2, 0.25) is 0 Å². The Kier molecular flexibility index (Phi) is 5.34. The molecule has 2 aromatic heterocycles. The Labute approximate surface area is 157 Å². The first-order valence-electron chi connectivity index (χ1n) is 7.92. The zero-order valence-corrected chi connectivity index (χ0v) is 15.0. The van der Waals surface area contributed by atoms with Gasteiger partial charge in [-0.1, -0.05) is 0 Å². The van der Waals surface area contributed by atoms with Crippen LogP contribution in [0.15, 0.2) is 64.5 Å². The smallest absolute Gasteiger partial charge is 0.268 e. The summed E-state index contributed by atoms with van der Waals surface area (Å²) in [5.41, 5.74) is -1.39. The van der Waals surface area contributed by atoms with Gasteiger partial charge in [0.05, 0.1) is 17.0 Å². The molecule has 0 saturated heterocycles. The van der Waals surface area contributed by atoms with E-state index in [4.69, 9.17) is 0 Å². The number of sulfonamides is 1. The number of benzene rings is 1. The minimum absolute atomic E-state index is 0.0756. The third kappa shape index (κ3) is 4.46. The van der Waals surface area contributed by atoms with Gasteiger partial charge in [-0.05, 0) is 36.4 Å². The van der Waals surface area contributed by atoms with Crippen LogP contribution in [0.1, 0.15) is 5.56 Å². The summed E-state index contributed by atoms with van der Waals surface area (Å²) in [6, 6.07) is 7.53. The standard InChI is InChI=1S/C16H14F3N5O3S/c17-16(18,19)12-2-4-13(5-3-12)28(26,27)21-9-11-24-15(25)7-6-14(22-24)23-10-1-8-20-23/h1-8,10,21H,9,11H2. The lowest BCUT2D eigenvalue weighted by atomic mass is 10.2. The Morgan fingerprint density at radius 3 is 2.39 bits per heavy atom. The van der Waals surface area contributed by atoms with E-state index in [2.05, 4.69) is 14.9 Å². The van der Waals surface area contributed by atoms with Gasteiger partial charge in [0.2, 0.25) is 10.0 Å². The van der Waals surface area contributed by atoms with Crippen LogP contribution in [0.25, 0.3) is 5.82 Å². The summed E-state index contributed by atoms with van der Waals surface area (Å²) in [6.45, 7) is -0.257. The number of alkyl halides is 3. The molecule has 8 nitrogen and oxygen atoms in total. The molecule has 0 aliphatic carbocycles. The monoisotopic (exact) mass is 413 g/mol. The van der Waals surface area contributed by atoms with Gasteiger partial charge in [-0.25, -0.2) is 22.5 Å². The van der Waals surface area contributed by atoms with E-state index in [0.29, 0.717) is 18.0 Å². The first-order valence-corrected chi connectivity index (χ1v) is 9.40. The van der Waals surface area contributed by atoms with Crippen LogP contribution in [-0.2, 0) is 22.7 Å². The van der Waals surface area contributed by atoms with Crippen LogP contribution in [0.5, 0.6) is 0 Å². The van der Waals surface area contributed by atoms with Crippen molar-refractivity contribution in [2.45, 2.75) is 17.6 Å². The van der Waals surface area contributed by atoms with Gasteiger partial charge in [0.1, 0.15) is 0 Å². The summed E-state index contributed by atoms with van der Waals surface area (Å²) in [7, 11) is -4.04. The molecule has 0 spiro atoms. The minimum atomic E-state index is -4.55. The summed E-state index contributed by atoms with van der Waals surface area (Å²) >= 11 is 0.